The first-order valence-corrected chi connectivity index (χ1v) is 4.57. The van der Waals surface area contributed by atoms with Crippen LogP contribution in [0.25, 0.3) is 11.1 Å². The molecule has 0 aliphatic carbocycles. The number of halogens is 1. The molecule has 0 aliphatic rings. The molecule has 0 fully saturated rings. The SMILES string of the molecule is [2H]c1c([2H])c(N([2H])[2H])c([2H])c([2H])c1-c1ccc(N)cc1Cl. The van der Waals surface area contributed by atoms with Gasteiger partial charge in [0, 0.05) is 16.9 Å². The van der Waals surface area contributed by atoms with E-state index in [1.807, 2.05) is 0 Å². The van der Waals surface area contributed by atoms with Crippen molar-refractivity contribution in [3.8, 4) is 11.1 Å². The van der Waals surface area contributed by atoms with Gasteiger partial charge < -0.3 is 11.5 Å². The largest absolute Gasteiger partial charge is 0.399 e. The molecule has 2 rings (SSSR count). The molecule has 2 aromatic rings. The van der Waals surface area contributed by atoms with Crippen LogP contribution in [0.15, 0.2) is 42.4 Å². The van der Waals surface area contributed by atoms with Crippen molar-refractivity contribution in [1.29, 1.82) is 0 Å². The zero-order chi connectivity index (χ0) is 15.9. The van der Waals surface area contributed by atoms with Crippen LogP contribution < -0.4 is 11.5 Å². The molecule has 3 heteroatoms. The summed E-state index contributed by atoms with van der Waals surface area (Å²) in [6.07, 6.45) is 0. The lowest BCUT2D eigenvalue weighted by molar-refractivity contribution is 1.61. The van der Waals surface area contributed by atoms with Gasteiger partial charge in [0.25, 0.3) is 0 Å². The maximum Gasteiger partial charge on any atom is 0.156 e. The minimum Gasteiger partial charge on any atom is -0.399 e. The lowest BCUT2D eigenvalue weighted by atomic mass is 10.1. The number of benzene rings is 2. The highest BCUT2D eigenvalue weighted by atomic mass is 35.5. The molecule has 0 amide bonds. The molecular weight excluding hydrogens is 208 g/mol. The van der Waals surface area contributed by atoms with Crippen molar-refractivity contribution < 1.29 is 8.31 Å². The number of nitrogens with two attached hydrogens (primary N) is 2. The number of rotatable bonds is 2. The topological polar surface area (TPSA) is 52.0 Å². The van der Waals surface area contributed by atoms with Crippen molar-refractivity contribution >= 4 is 23.0 Å². The van der Waals surface area contributed by atoms with Crippen molar-refractivity contribution in [2.75, 3.05) is 11.5 Å². The molecule has 0 saturated heterocycles. The summed E-state index contributed by atoms with van der Waals surface area (Å²) in [6, 6.07) is 2.86. The average molecular weight is 225 g/mol. The lowest BCUT2D eigenvalue weighted by Crippen LogP contribution is -1.87. The van der Waals surface area contributed by atoms with Crippen molar-refractivity contribution in [2.24, 2.45) is 0 Å². The molecule has 0 heterocycles. The van der Waals surface area contributed by atoms with Gasteiger partial charge in [-0.25, -0.2) is 0 Å². The third-order valence-corrected chi connectivity index (χ3v) is 2.19. The molecule has 0 saturated carbocycles. The number of nitrogen functional groups attached to an aromatic ring is 2. The first kappa shape index (κ1) is 4.90. The fourth-order valence-corrected chi connectivity index (χ4v) is 1.46. The van der Waals surface area contributed by atoms with Gasteiger partial charge in [0.1, 0.15) is 0 Å². The molecule has 0 unspecified atom stereocenters. The van der Waals surface area contributed by atoms with Gasteiger partial charge in [-0.15, -0.1) is 0 Å². The number of hydrogen-bond acceptors (Lipinski definition) is 2. The van der Waals surface area contributed by atoms with E-state index in [0.29, 0.717) is 11.3 Å². The van der Waals surface area contributed by atoms with E-state index < -0.39 is 17.8 Å². The Morgan fingerprint density at radius 1 is 1.13 bits per heavy atom. The Hall–Kier alpha value is -1.67. The van der Waals surface area contributed by atoms with E-state index in [1.165, 1.54) is 12.1 Å². The van der Waals surface area contributed by atoms with E-state index >= 15 is 0 Å². The first-order chi connectivity index (χ1) is 9.75. The van der Waals surface area contributed by atoms with Crippen molar-refractivity contribution in [2.45, 2.75) is 0 Å². The Labute approximate surface area is 102 Å². The molecule has 2 nitrogen and oxygen atoms in total. The monoisotopic (exact) mass is 224 g/mol. The molecule has 0 spiro atoms. The highest BCUT2D eigenvalue weighted by Gasteiger charge is 2.02. The molecule has 0 bridgehead atoms. The highest BCUT2D eigenvalue weighted by Crippen LogP contribution is 2.29. The van der Waals surface area contributed by atoms with E-state index in [9.17, 15) is 0 Å². The Morgan fingerprint density at radius 3 is 2.47 bits per heavy atom. The van der Waals surface area contributed by atoms with Crippen molar-refractivity contribution in [3.63, 3.8) is 0 Å². The van der Waals surface area contributed by atoms with Crippen LogP contribution in [0.5, 0.6) is 0 Å². The zero-order valence-electron chi connectivity index (χ0n) is 13.6. The fourth-order valence-electron chi connectivity index (χ4n) is 1.17. The van der Waals surface area contributed by atoms with E-state index in [4.69, 9.17) is 25.6 Å². The van der Waals surface area contributed by atoms with E-state index in [-0.39, 0.29) is 28.4 Å². The second kappa shape index (κ2) is 3.83. The van der Waals surface area contributed by atoms with Crippen LogP contribution in [-0.4, -0.2) is 0 Å². The van der Waals surface area contributed by atoms with Gasteiger partial charge >= 0.3 is 0 Å². The Bertz CT molecular complexity index is 690. The third kappa shape index (κ3) is 2.05. The molecule has 0 atom stereocenters. The minimum atomic E-state index is -0.469. The molecule has 0 aliphatic heterocycles. The van der Waals surface area contributed by atoms with E-state index in [0.717, 1.165) is 0 Å². The predicted octanol–water partition coefficient (Wildman–Crippen LogP) is 3.17. The van der Waals surface area contributed by atoms with E-state index in [1.54, 1.807) is 6.07 Å². The number of hydrogen-bond donors (Lipinski definition) is 2. The van der Waals surface area contributed by atoms with Crippen LogP contribution in [0.1, 0.15) is 5.48 Å². The smallest absolute Gasteiger partial charge is 0.156 e. The summed E-state index contributed by atoms with van der Waals surface area (Å²) in [6.45, 7) is 0. The molecule has 0 radical (unpaired) electrons. The van der Waals surface area contributed by atoms with Crippen LogP contribution in [0.3, 0.4) is 0 Å². The van der Waals surface area contributed by atoms with Gasteiger partial charge in [0.05, 0.1) is 10.5 Å². The quantitative estimate of drug-likeness (QED) is 0.770. The maximum atomic E-state index is 7.98. The van der Waals surface area contributed by atoms with Crippen LogP contribution >= 0.6 is 11.6 Å². The van der Waals surface area contributed by atoms with Crippen LogP contribution in [0.4, 0.5) is 11.4 Å². The first-order valence-electron chi connectivity index (χ1n) is 7.08. The summed E-state index contributed by atoms with van der Waals surface area (Å²) >= 11 is 6.06. The maximum absolute atomic E-state index is 7.98. The summed E-state index contributed by atoms with van der Waals surface area (Å²) in [5, 5.41) is 0.206. The minimum absolute atomic E-state index is 0.0144. The second-order valence-electron chi connectivity index (χ2n) is 2.96. The summed E-state index contributed by atoms with van der Waals surface area (Å²) in [4.78, 5) is 0. The van der Waals surface area contributed by atoms with Gasteiger partial charge in [-0.1, -0.05) is 29.8 Å². The average Bonchev–Trinajstić information content (AvgIpc) is 2.39. The lowest BCUT2D eigenvalue weighted by Gasteiger charge is -2.05. The molecule has 0 aromatic heterocycles. The van der Waals surface area contributed by atoms with Crippen LogP contribution in [-0.2, 0) is 0 Å². The normalized spacial score (nSPS) is 15.5. The molecule has 76 valence electrons. The van der Waals surface area contributed by atoms with Gasteiger partial charge in [0.15, 0.2) is 2.82 Å². The van der Waals surface area contributed by atoms with Crippen LogP contribution in [0.2, 0.25) is 7.85 Å². The summed E-state index contributed by atoms with van der Waals surface area (Å²) in [5.74, 6) is 0. The summed E-state index contributed by atoms with van der Waals surface area (Å²) in [7, 11) is 0. The number of anilines is 2. The van der Waals surface area contributed by atoms with Gasteiger partial charge in [-0.3, -0.25) is 0 Å². The third-order valence-electron chi connectivity index (χ3n) is 1.87. The van der Waals surface area contributed by atoms with Gasteiger partial charge in [0.2, 0.25) is 0 Å². The van der Waals surface area contributed by atoms with E-state index in [2.05, 4.69) is 0 Å². The highest BCUT2D eigenvalue weighted by molar-refractivity contribution is 6.33. The van der Waals surface area contributed by atoms with Crippen molar-refractivity contribution in [3.05, 3.63) is 47.4 Å². The Morgan fingerprint density at radius 2 is 1.87 bits per heavy atom. The fraction of sp³-hybridized carbons (Fsp3) is 0. The predicted molar refractivity (Wildman–Crippen MR) is 65.7 cm³/mol. The molecule has 2 aromatic carbocycles. The summed E-state index contributed by atoms with van der Waals surface area (Å²) < 4.78 is 46.0. The Kier molecular flexibility index (Phi) is 1.25. The van der Waals surface area contributed by atoms with Gasteiger partial charge in [-0.05, 0) is 29.8 Å². The molecule has 15 heavy (non-hydrogen) atoms. The molecular formula is C12H11ClN2. The summed E-state index contributed by atoms with van der Waals surface area (Å²) in [5.41, 5.74) is 5.99. The zero-order valence-corrected chi connectivity index (χ0v) is 8.39. The van der Waals surface area contributed by atoms with Crippen molar-refractivity contribution in [1.82, 2.24) is 0 Å². The Balaban J connectivity index is 2.82. The van der Waals surface area contributed by atoms with Gasteiger partial charge in [-0.2, -0.15) is 0 Å². The molecule has 4 N–H and O–H groups in total. The standard InChI is InChI=1S/C12H11ClN2/c13-12-7-10(15)5-6-11(12)8-1-3-9(14)4-2-8/h1-7H,14-15H2/i1D,2D,3D,4D/hD2. The van der Waals surface area contributed by atoms with Crippen LogP contribution in [0, 0.1) is 0 Å². The second-order valence-corrected chi connectivity index (χ2v) is 3.37.